The van der Waals surface area contributed by atoms with E-state index in [4.69, 9.17) is 4.74 Å². The molecule has 1 saturated heterocycles. The number of hydrogen-bond donors (Lipinski definition) is 0. The third-order valence-electron chi connectivity index (χ3n) is 12.0. The normalized spacial score (nSPS) is 16.2. The van der Waals surface area contributed by atoms with E-state index in [0.29, 0.717) is 6.61 Å². The molecule has 1 fully saturated rings. The van der Waals surface area contributed by atoms with Crippen molar-refractivity contribution >= 4 is 64.6 Å². The van der Waals surface area contributed by atoms with E-state index in [0.717, 1.165) is 12.8 Å². The maximum atomic E-state index is 7.17. The van der Waals surface area contributed by atoms with Crippen LogP contribution in [0.1, 0.15) is 36.0 Å². The molecule has 2 unspecified atom stereocenters. The summed E-state index contributed by atoms with van der Waals surface area (Å²) < 4.78 is 7.17. The molecule has 11 rings (SSSR count). The van der Waals surface area contributed by atoms with Gasteiger partial charge in [-0.25, -0.2) is 0 Å². The van der Waals surface area contributed by atoms with Crippen molar-refractivity contribution in [3.8, 4) is 22.3 Å². The highest BCUT2D eigenvalue weighted by Crippen LogP contribution is 2.47. The van der Waals surface area contributed by atoms with Crippen LogP contribution >= 0.6 is 0 Å². The van der Waals surface area contributed by atoms with Gasteiger partial charge in [0.2, 0.25) is 0 Å². The second-order valence-electron chi connectivity index (χ2n) is 15.0. The molecule has 1 heterocycles. The lowest BCUT2D eigenvalue weighted by Crippen LogP contribution is -2.21. The minimum Gasteiger partial charge on any atom is -0.373 e. The van der Waals surface area contributed by atoms with E-state index >= 15 is 0 Å². The molecule has 0 radical (unpaired) electrons. The van der Waals surface area contributed by atoms with Crippen LogP contribution in [0.3, 0.4) is 0 Å². The van der Waals surface area contributed by atoms with Crippen molar-refractivity contribution in [1.82, 2.24) is 0 Å². The molecule has 0 aliphatic carbocycles. The molecule has 10 aromatic rings. The first-order chi connectivity index (χ1) is 26.8. The van der Waals surface area contributed by atoms with Crippen LogP contribution < -0.4 is 0 Å². The van der Waals surface area contributed by atoms with E-state index in [9.17, 15) is 0 Å². The maximum absolute atomic E-state index is 7.17. The van der Waals surface area contributed by atoms with E-state index in [2.05, 4.69) is 182 Å². The number of ether oxygens (including phenoxy) is 1. The zero-order valence-corrected chi connectivity index (χ0v) is 30.0. The highest BCUT2D eigenvalue weighted by molar-refractivity contribution is 6.08. The van der Waals surface area contributed by atoms with Crippen molar-refractivity contribution in [2.75, 3.05) is 6.61 Å². The Morgan fingerprint density at radius 3 is 1.28 bits per heavy atom. The quantitative estimate of drug-likeness (QED) is 0.167. The zero-order valence-electron chi connectivity index (χ0n) is 30.0. The summed E-state index contributed by atoms with van der Waals surface area (Å²) in [6.45, 7) is 0.669. The number of benzene rings is 10. The molecular weight excluding hydrogens is 653 g/mol. The molecule has 0 spiro atoms. The smallest absolute Gasteiger partial charge is 0.0837 e. The lowest BCUT2D eigenvalue weighted by atomic mass is 9.80. The molecule has 0 bridgehead atoms. The summed E-state index contributed by atoms with van der Waals surface area (Å²) in [5.41, 5.74) is 7.87. The van der Waals surface area contributed by atoms with Gasteiger partial charge in [0.05, 0.1) is 12.7 Å². The van der Waals surface area contributed by atoms with Gasteiger partial charge in [0.1, 0.15) is 0 Å². The Morgan fingerprint density at radius 1 is 0.315 bits per heavy atom. The number of fused-ring (bicyclic) bond motifs is 6. The van der Waals surface area contributed by atoms with Crippen LogP contribution in [0, 0.1) is 0 Å². The minimum absolute atomic E-state index is 0.0135. The summed E-state index contributed by atoms with van der Waals surface area (Å²) in [4.78, 5) is 0. The first kappa shape index (κ1) is 31.3. The highest BCUT2D eigenvalue weighted by Gasteiger charge is 2.30. The van der Waals surface area contributed by atoms with Gasteiger partial charge in [-0.1, -0.05) is 158 Å². The van der Waals surface area contributed by atoms with Crippen LogP contribution in [0.4, 0.5) is 0 Å². The molecule has 0 saturated carbocycles. The van der Waals surface area contributed by atoms with Gasteiger partial charge < -0.3 is 4.74 Å². The summed E-state index contributed by atoms with van der Waals surface area (Å²) in [5.74, 6) is 0.264. The van der Waals surface area contributed by atoms with Crippen LogP contribution in [0.15, 0.2) is 182 Å². The molecule has 1 aliphatic heterocycles. The molecule has 10 aromatic carbocycles. The molecule has 1 heteroatoms. The molecule has 256 valence electrons. The summed E-state index contributed by atoms with van der Waals surface area (Å²) in [7, 11) is 0. The van der Waals surface area contributed by atoms with E-state index in [1.807, 2.05) is 0 Å². The fourth-order valence-electron chi connectivity index (χ4n) is 9.46. The molecule has 1 nitrogen and oxygen atoms in total. The van der Waals surface area contributed by atoms with Gasteiger partial charge in [-0.3, -0.25) is 0 Å². The van der Waals surface area contributed by atoms with Crippen molar-refractivity contribution in [1.29, 1.82) is 0 Å². The van der Waals surface area contributed by atoms with Crippen molar-refractivity contribution in [3.05, 3.63) is 193 Å². The average molecular weight is 691 g/mol. The summed E-state index contributed by atoms with van der Waals surface area (Å²) in [5, 5.41) is 15.3. The first-order valence-electron chi connectivity index (χ1n) is 19.3. The third-order valence-corrected chi connectivity index (χ3v) is 12.0. The largest absolute Gasteiger partial charge is 0.373 e. The summed E-state index contributed by atoms with van der Waals surface area (Å²) >= 11 is 0. The zero-order chi connectivity index (χ0) is 35.6. The van der Waals surface area contributed by atoms with Gasteiger partial charge >= 0.3 is 0 Å². The Hall–Kier alpha value is -6.28. The van der Waals surface area contributed by atoms with Crippen molar-refractivity contribution in [3.63, 3.8) is 0 Å². The van der Waals surface area contributed by atoms with E-state index in [1.54, 1.807) is 0 Å². The third kappa shape index (κ3) is 5.11. The Labute approximate surface area is 315 Å². The standard InChI is InChI=1S/C53H38O/c1-3-15-38-31-49-40(29-36(38)13-1)17-9-21-45(49)47-26-23-34-11-5-7-19-43(34)52(47)42-25-28-51(54-33-42)53-44-20-8-6-12-35(44)24-27-48(53)46-22-10-18-41-30-37-14-2-4-16-39(37)32-50(41)46/h1-24,26-27,29-32,42,51H,25,28,33H2. The van der Waals surface area contributed by atoms with Crippen molar-refractivity contribution < 1.29 is 4.74 Å². The monoisotopic (exact) mass is 690 g/mol. The van der Waals surface area contributed by atoms with E-state index in [-0.39, 0.29) is 12.0 Å². The van der Waals surface area contributed by atoms with Gasteiger partial charge in [-0.05, 0) is 135 Å². The average Bonchev–Trinajstić information content (AvgIpc) is 3.24. The summed E-state index contributed by atoms with van der Waals surface area (Å²) in [6, 6.07) is 67.4. The Kier molecular flexibility index (Phi) is 7.35. The van der Waals surface area contributed by atoms with Crippen LogP contribution in [-0.2, 0) is 4.74 Å². The van der Waals surface area contributed by atoms with Crippen LogP contribution in [-0.4, -0.2) is 6.61 Å². The van der Waals surface area contributed by atoms with Crippen molar-refractivity contribution in [2.24, 2.45) is 0 Å². The fraction of sp³-hybridized carbons (Fsp3) is 0.0943. The van der Waals surface area contributed by atoms with Gasteiger partial charge in [0.25, 0.3) is 0 Å². The predicted molar refractivity (Wildman–Crippen MR) is 229 cm³/mol. The van der Waals surface area contributed by atoms with Crippen LogP contribution in [0.2, 0.25) is 0 Å². The Bertz CT molecular complexity index is 2860. The first-order valence-corrected chi connectivity index (χ1v) is 19.3. The number of hydrogen-bond acceptors (Lipinski definition) is 1. The van der Waals surface area contributed by atoms with E-state index in [1.165, 1.54) is 98.0 Å². The maximum Gasteiger partial charge on any atom is 0.0837 e. The predicted octanol–water partition coefficient (Wildman–Crippen LogP) is 14.6. The molecule has 2 atom stereocenters. The molecule has 54 heavy (non-hydrogen) atoms. The molecular formula is C53H38O. The van der Waals surface area contributed by atoms with Crippen LogP contribution in [0.5, 0.6) is 0 Å². The van der Waals surface area contributed by atoms with E-state index < -0.39 is 0 Å². The van der Waals surface area contributed by atoms with Crippen molar-refractivity contribution in [2.45, 2.75) is 24.9 Å². The number of rotatable bonds is 4. The fourth-order valence-corrected chi connectivity index (χ4v) is 9.46. The van der Waals surface area contributed by atoms with Gasteiger partial charge in [-0.15, -0.1) is 0 Å². The van der Waals surface area contributed by atoms with Gasteiger partial charge in [-0.2, -0.15) is 0 Å². The summed E-state index contributed by atoms with van der Waals surface area (Å²) in [6.07, 6.45) is 1.98. The molecule has 1 aliphatic rings. The second-order valence-corrected chi connectivity index (χ2v) is 15.0. The molecule has 0 N–H and O–H groups in total. The second kappa shape index (κ2) is 12.7. The topological polar surface area (TPSA) is 9.23 Å². The minimum atomic E-state index is -0.0135. The molecule has 0 aromatic heterocycles. The SMILES string of the molecule is c1ccc2cc3c(-c4ccc5ccccc5c4C4CCC(c5c(-c6cccc7cc8ccccc8cc67)ccc6ccccc56)OC4)cccc3cc2c1. The van der Waals surface area contributed by atoms with Gasteiger partial charge in [0.15, 0.2) is 0 Å². The van der Waals surface area contributed by atoms with Crippen LogP contribution in [0.25, 0.3) is 86.9 Å². The Morgan fingerprint density at radius 2 is 0.759 bits per heavy atom. The van der Waals surface area contributed by atoms with Gasteiger partial charge in [0, 0.05) is 5.92 Å². The highest BCUT2D eigenvalue weighted by atomic mass is 16.5. The molecule has 0 amide bonds. The lowest BCUT2D eigenvalue weighted by Gasteiger charge is -2.33. The Balaban J connectivity index is 1.03. The lowest BCUT2D eigenvalue weighted by molar-refractivity contribution is 0.00391.